The molecule has 2 unspecified atom stereocenters. The maximum Gasteiger partial charge on any atom is 0.274 e. The Kier molecular flexibility index (Phi) is 23.1. The summed E-state index contributed by atoms with van der Waals surface area (Å²) in [5, 5.41) is 12.8. The lowest BCUT2D eigenvalue weighted by Crippen LogP contribution is -2.23. The zero-order chi connectivity index (χ0) is 42.2. The second-order valence-corrected chi connectivity index (χ2v) is 15.5. The molecule has 0 bridgehead atoms. The SMILES string of the molecule is CNC(=O)CCCCN.NCCCCC(=O)Nc1cc(P)cc(NC(=O)c2cc(C(=O)Nc3cc(P)ccc3SCCN=C(N)N)ncn2)c1SCCN=C(N)N. The monoisotopic (exact) mass is 860 g/mol. The van der Waals surface area contributed by atoms with Crippen LogP contribution in [-0.2, 0) is 9.59 Å². The van der Waals surface area contributed by atoms with E-state index >= 15 is 0 Å². The molecule has 0 aliphatic heterocycles. The van der Waals surface area contributed by atoms with E-state index < -0.39 is 11.8 Å². The van der Waals surface area contributed by atoms with Gasteiger partial charge in [-0.2, -0.15) is 0 Å². The number of nitrogens with two attached hydrogens (primary N) is 6. The number of rotatable bonds is 21. The zero-order valence-corrected chi connectivity index (χ0v) is 35.8. The fraction of sp³-hybridized carbons (Fsp3) is 0.371. The number of aromatic nitrogens is 2. The summed E-state index contributed by atoms with van der Waals surface area (Å²) in [6, 6.07) is 10.4. The third kappa shape index (κ3) is 19.4. The second-order valence-electron chi connectivity index (χ2n) is 11.9. The van der Waals surface area contributed by atoms with Crippen molar-refractivity contribution in [3.8, 4) is 0 Å². The van der Waals surface area contributed by atoms with Crippen molar-refractivity contribution in [2.45, 2.75) is 48.3 Å². The number of anilines is 3. The number of hydrogen-bond acceptors (Lipinski definition) is 12. The average Bonchev–Trinajstić information content (AvgIpc) is 3.16. The molecule has 3 aromatic rings. The van der Waals surface area contributed by atoms with Gasteiger partial charge in [0.25, 0.3) is 11.8 Å². The second kappa shape index (κ2) is 27.1. The van der Waals surface area contributed by atoms with Gasteiger partial charge in [-0.3, -0.25) is 29.2 Å². The Hall–Kier alpha value is -4.58. The lowest BCUT2D eigenvalue weighted by atomic mass is 10.2. The molecule has 0 radical (unpaired) electrons. The molecule has 18 nitrogen and oxygen atoms in total. The first-order valence-electron chi connectivity index (χ1n) is 17.8. The largest absolute Gasteiger partial charge is 0.370 e. The molecule has 0 spiro atoms. The van der Waals surface area contributed by atoms with Gasteiger partial charge in [-0.25, -0.2) is 9.97 Å². The van der Waals surface area contributed by atoms with Crippen molar-refractivity contribution in [3.63, 3.8) is 0 Å². The summed E-state index contributed by atoms with van der Waals surface area (Å²) in [6.45, 7) is 1.90. The number of thioether (sulfide) groups is 2. The van der Waals surface area contributed by atoms with Crippen LogP contribution in [0.15, 0.2) is 62.5 Å². The first kappa shape index (κ1) is 48.6. The van der Waals surface area contributed by atoms with Gasteiger partial charge < -0.3 is 55.7 Å². The highest BCUT2D eigenvalue weighted by Gasteiger charge is 2.19. The lowest BCUT2D eigenvalue weighted by Gasteiger charge is -2.17. The molecule has 0 fully saturated rings. The molecule has 310 valence electrons. The molecule has 57 heavy (non-hydrogen) atoms. The maximum absolute atomic E-state index is 13.5. The molecule has 0 aliphatic rings. The van der Waals surface area contributed by atoms with Crippen molar-refractivity contribution in [1.82, 2.24) is 15.3 Å². The summed E-state index contributed by atoms with van der Waals surface area (Å²) in [7, 11) is 6.79. The van der Waals surface area contributed by atoms with E-state index in [4.69, 9.17) is 34.4 Å². The van der Waals surface area contributed by atoms with E-state index in [1.54, 1.807) is 25.2 Å². The Balaban J connectivity index is 0.00000111. The number of benzene rings is 2. The molecule has 4 amide bonds. The molecular formula is C35H54N14O4P2S2. The molecule has 2 atom stereocenters. The predicted molar refractivity (Wildman–Crippen MR) is 241 cm³/mol. The van der Waals surface area contributed by atoms with Crippen LogP contribution in [0, 0.1) is 0 Å². The highest BCUT2D eigenvalue weighted by atomic mass is 32.2. The van der Waals surface area contributed by atoms with Crippen molar-refractivity contribution in [3.05, 3.63) is 54.1 Å². The average molecular weight is 861 g/mol. The summed E-state index contributed by atoms with van der Waals surface area (Å²) in [5.74, 6) is -0.196. The van der Waals surface area contributed by atoms with Crippen molar-refractivity contribution >= 4 is 105 Å². The number of amides is 4. The van der Waals surface area contributed by atoms with Crippen LogP contribution in [0.2, 0.25) is 0 Å². The molecule has 0 saturated carbocycles. The summed E-state index contributed by atoms with van der Waals surface area (Å²) >= 11 is 2.83. The Morgan fingerprint density at radius 2 is 1.18 bits per heavy atom. The fourth-order valence-electron chi connectivity index (χ4n) is 4.59. The van der Waals surface area contributed by atoms with Crippen LogP contribution in [0.5, 0.6) is 0 Å². The van der Waals surface area contributed by atoms with Crippen molar-refractivity contribution in [1.29, 1.82) is 0 Å². The maximum atomic E-state index is 13.5. The number of unbranched alkanes of at least 4 members (excludes halogenated alkanes) is 2. The molecule has 0 aliphatic carbocycles. The minimum Gasteiger partial charge on any atom is -0.370 e. The van der Waals surface area contributed by atoms with E-state index in [1.165, 1.54) is 29.6 Å². The minimum atomic E-state index is -0.587. The van der Waals surface area contributed by atoms with Crippen LogP contribution >= 0.6 is 42.0 Å². The molecule has 22 heteroatoms. The Morgan fingerprint density at radius 3 is 1.72 bits per heavy atom. The van der Waals surface area contributed by atoms with Crippen molar-refractivity contribution < 1.29 is 19.2 Å². The van der Waals surface area contributed by atoms with E-state index in [0.29, 0.717) is 84.2 Å². The van der Waals surface area contributed by atoms with Crippen LogP contribution < -0.4 is 66.3 Å². The first-order valence-corrected chi connectivity index (χ1v) is 20.9. The summed E-state index contributed by atoms with van der Waals surface area (Å²) in [4.78, 5) is 67.6. The smallest absolute Gasteiger partial charge is 0.274 e. The van der Waals surface area contributed by atoms with Crippen LogP contribution in [0.3, 0.4) is 0 Å². The van der Waals surface area contributed by atoms with Gasteiger partial charge in [0.15, 0.2) is 11.9 Å². The standard InChI is InChI=1S/C29H40N12O3P2S2.C6H14N2O/c30-6-2-1-3-24(42)39-19-12-17(46)13-20(25(19)48-10-8-36-29(33)34)41-27(44)22-14-21(37-15-38-22)26(43)40-18-11-16(45)4-5-23(18)47-9-7-35-28(31)32;1-8-6(9)4-2-3-5-7/h4-5,11-15H,1-3,6-10,30,45-46H2,(H,39,42)(H,40,43)(H,41,44)(H4,31,32,35)(H4,33,34,36);2-5,7H2,1H3,(H,8,9). The van der Waals surface area contributed by atoms with Gasteiger partial charge in [0.1, 0.15) is 17.7 Å². The van der Waals surface area contributed by atoms with Gasteiger partial charge in [-0.1, -0.05) is 6.07 Å². The summed E-state index contributed by atoms with van der Waals surface area (Å²) < 4.78 is 0. The van der Waals surface area contributed by atoms with Gasteiger partial charge in [0.05, 0.1) is 35.0 Å². The normalized spacial score (nSPS) is 10.3. The number of nitrogens with one attached hydrogen (secondary N) is 4. The Labute approximate surface area is 346 Å². The van der Waals surface area contributed by atoms with E-state index in [1.807, 2.05) is 12.1 Å². The molecule has 16 N–H and O–H groups in total. The number of carbonyl (C=O) groups excluding carboxylic acids is 4. The number of hydrogen-bond donors (Lipinski definition) is 10. The third-order valence-corrected chi connectivity index (χ3v) is 10.1. The highest BCUT2D eigenvalue weighted by Crippen LogP contribution is 2.35. The number of nitrogens with zero attached hydrogens (tertiary/aromatic N) is 4. The van der Waals surface area contributed by atoms with Gasteiger partial charge in [0, 0.05) is 42.4 Å². The minimum absolute atomic E-state index is 0.00779. The first-order chi connectivity index (χ1) is 27.3. The summed E-state index contributed by atoms with van der Waals surface area (Å²) in [6.07, 6.45) is 5.25. The van der Waals surface area contributed by atoms with Gasteiger partial charge >= 0.3 is 0 Å². The topological polar surface area (TPSA) is 323 Å². The van der Waals surface area contributed by atoms with Crippen LogP contribution in [0.4, 0.5) is 17.1 Å². The Morgan fingerprint density at radius 1 is 0.667 bits per heavy atom. The number of aliphatic imine (C=N–C) groups is 2. The van der Waals surface area contributed by atoms with E-state index in [9.17, 15) is 19.2 Å². The van der Waals surface area contributed by atoms with Crippen LogP contribution in [-0.4, -0.2) is 90.2 Å². The predicted octanol–water partition coefficient (Wildman–Crippen LogP) is 0.642. The summed E-state index contributed by atoms with van der Waals surface area (Å²) in [5.41, 5.74) is 34.0. The van der Waals surface area contributed by atoms with E-state index in [2.05, 4.69) is 59.7 Å². The van der Waals surface area contributed by atoms with E-state index in [0.717, 1.165) is 35.8 Å². The molecule has 2 aromatic carbocycles. The van der Waals surface area contributed by atoms with Gasteiger partial charge in [-0.15, -0.1) is 42.0 Å². The van der Waals surface area contributed by atoms with Crippen LogP contribution in [0.1, 0.15) is 59.5 Å². The van der Waals surface area contributed by atoms with Gasteiger partial charge in [-0.05, 0) is 73.6 Å². The van der Waals surface area contributed by atoms with E-state index in [-0.39, 0.29) is 35.1 Å². The number of guanidine groups is 2. The third-order valence-electron chi connectivity index (χ3n) is 7.29. The van der Waals surface area contributed by atoms with Crippen molar-refractivity contribution in [2.24, 2.45) is 44.4 Å². The van der Waals surface area contributed by atoms with Crippen LogP contribution in [0.25, 0.3) is 0 Å². The van der Waals surface area contributed by atoms with Crippen molar-refractivity contribution in [2.75, 3.05) is 60.7 Å². The fourth-order valence-corrected chi connectivity index (χ4v) is 6.94. The molecule has 3 rings (SSSR count). The number of carbonyl (C=O) groups is 4. The lowest BCUT2D eigenvalue weighted by molar-refractivity contribution is -0.120. The quantitative estimate of drug-likeness (QED) is 0.0231. The van der Waals surface area contributed by atoms with Gasteiger partial charge in [0.2, 0.25) is 11.8 Å². The zero-order valence-electron chi connectivity index (χ0n) is 31.9. The highest BCUT2D eigenvalue weighted by molar-refractivity contribution is 7.99. The molecule has 1 aromatic heterocycles. The molecular weight excluding hydrogens is 807 g/mol. The molecule has 0 saturated heterocycles. The Bertz CT molecular complexity index is 1860. The molecule has 1 heterocycles.